The molecule has 0 bridgehead atoms. The molecule has 1 amide bonds. The van der Waals surface area contributed by atoms with E-state index in [0.29, 0.717) is 5.92 Å². The van der Waals surface area contributed by atoms with Crippen LogP contribution >= 0.6 is 0 Å². The van der Waals surface area contributed by atoms with Crippen molar-refractivity contribution in [1.82, 2.24) is 5.32 Å². The molecule has 0 atom stereocenters. The van der Waals surface area contributed by atoms with Gasteiger partial charge < -0.3 is 19.5 Å². The van der Waals surface area contributed by atoms with E-state index in [1.165, 1.54) is 0 Å². The highest BCUT2D eigenvalue weighted by Gasteiger charge is 2.28. The third-order valence-corrected chi connectivity index (χ3v) is 3.76. The normalized spacial score (nSPS) is 28.4. The molecule has 0 aromatic carbocycles. The Balaban J connectivity index is 1.64. The molecule has 2 aliphatic rings. The van der Waals surface area contributed by atoms with Crippen LogP contribution in [0.1, 0.15) is 52.9 Å². The monoisotopic (exact) mass is 285 g/mol. The van der Waals surface area contributed by atoms with Gasteiger partial charge in [0.15, 0.2) is 6.29 Å². The van der Waals surface area contributed by atoms with E-state index in [1.807, 2.05) is 20.8 Å². The summed E-state index contributed by atoms with van der Waals surface area (Å²) in [6.45, 7) is 7.29. The summed E-state index contributed by atoms with van der Waals surface area (Å²) in [6.07, 6.45) is 4.75. The molecule has 0 radical (unpaired) electrons. The number of rotatable bonds is 3. The van der Waals surface area contributed by atoms with Gasteiger partial charge in [0.25, 0.3) is 0 Å². The van der Waals surface area contributed by atoms with E-state index in [9.17, 15) is 4.79 Å². The Morgan fingerprint density at radius 2 is 1.75 bits per heavy atom. The fourth-order valence-corrected chi connectivity index (χ4v) is 2.79. The molecule has 2 fully saturated rings. The summed E-state index contributed by atoms with van der Waals surface area (Å²) in [5, 5.41) is 2.84. The molecule has 2 rings (SSSR count). The first-order valence-corrected chi connectivity index (χ1v) is 7.64. The molecular weight excluding hydrogens is 258 g/mol. The van der Waals surface area contributed by atoms with E-state index in [0.717, 1.165) is 45.3 Å². The summed E-state index contributed by atoms with van der Waals surface area (Å²) < 4.78 is 16.4. The second kappa shape index (κ2) is 6.76. The van der Waals surface area contributed by atoms with Crippen LogP contribution in [-0.2, 0) is 14.2 Å². The zero-order valence-electron chi connectivity index (χ0n) is 12.8. The number of hydrogen-bond donors (Lipinski definition) is 1. The predicted octanol–water partition coefficient (Wildman–Crippen LogP) is 2.83. The number of alkyl carbamates (subject to hydrolysis) is 1. The summed E-state index contributed by atoms with van der Waals surface area (Å²) >= 11 is 0. The number of carbonyl (C=O) groups is 1. The number of amides is 1. The first kappa shape index (κ1) is 15.6. The van der Waals surface area contributed by atoms with Crippen molar-refractivity contribution in [3.63, 3.8) is 0 Å². The molecule has 20 heavy (non-hydrogen) atoms. The van der Waals surface area contributed by atoms with Crippen molar-refractivity contribution >= 4 is 6.09 Å². The van der Waals surface area contributed by atoms with Crippen LogP contribution in [0.15, 0.2) is 0 Å². The Hall–Kier alpha value is -0.810. The Bertz CT molecular complexity index is 312. The Morgan fingerprint density at radius 3 is 2.30 bits per heavy atom. The summed E-state index contributed by atoms with van der Waals surface area (Å²) in [6, 6.07) is 0. The molecule has 1 saturated carbocycles. The lowest BCUT2D eigenvalue weighted by molar-refractivity contribution is -0.0631. The standard InChI is InChI=1S/C15H27NO4/c1-15(2,3)16-14(17)20-12-6-4-11(5-7-12)10-13-18-8-9-19-13/h11-13H,4-10H2,1-3H3,(H,16,17). The average molecular weight is 285 g/mol. The molecule has 1 N–H and O–H groups in total. The van der Waals surface area contributed by atoms with Crippen molar-refractivity contribution in [2.75, 3.05) is 13.2 Å². The smallest absolute Gasteiger partial charge is 0.407 e. The zero-order valence-corrected chi connectivity index (χ0v) is 12.8. The minimum atomic E-state index is -0.302. The van der Waals surface area contributed by atoms with Gasteiger partial charge in [0, 0.05) is 12.0 Å². The molecule has 1 heterocycles. The van der Waals surface area contributed by atoms with Gasteiger partial charge in [-0.25, -0.2) is 4.79 Å². The minimum absolute atomic E-state index is 0.0124. The third kappa shape index (κ3) is 5.29. The SMILES string of the molecule is CC(C)(C)NC(=O)OC1CCC(CC2OCCO2)CC1. The number of ether oxygens (including phenoxy) is 3. The van der Waals surface area contributed by atoms with Crippen LogP contribution < -0.4 is 5.32 Å². The van der Waals surface area contributed by atoms with Crippen molar-refractivity contribution in [2.24, 2.45) is 5.92 Å². The van der Waals surface area contributed by atoms with Crippen molar-refractivity contribution < 1.29 is 19.0 Å². The molecule has 0 aromatic heterocycles. The van der Waals surface area contributed by atoms with Gasteiger partial charge in [-0.05, 0) is 52.4 Å². The van der Waals surface area contributed by atoms with Gasteiger partial charge >= 0.3 is 6.09 Å². The van der Waals surface area contributed by atoms with Gasteiger partial charge in [-0.1, -0.05) is 0 Å². The van der Waals surface area contributed by atoms with E-state index in [2.05, 4.69) is 5.32 Å². The molecule has 0 aromatic rings. The Morgan fingerprint density at radius 1 is 1.15 bits per heavy atom. The average Bonchev–Trinajstić information content (AvgIpc) is 2.82. The minimum Gasteiger partial charge on any atom is -0.446 e. The van der Waals surface area contributed by atoms with Crippen LogP contribution in [0.5, 0.6) is 0 Å². The molecule has 5 nitrogen and oxygen atoms in total. The van der Waals surface area contributed by atoms with Gasteiger partial charge in [0.2, 0.25) is 0 Å². The number of nitrogens with one attached hydrogen (secondary N) is 1. The summed E-state index contributed by atoms with van der Waals surface area (Å²) in [7, 11) is 0. The molecular formula is C15H27NO4. The highest BCUT2D eigenvalue weighted by atomic mass is 16.7. The maximum atomic E-state index is 11.7. The van der Waals surface area contributed by atoms with E-state index in [4.69, 9.17) is 14.2 Å². The Kier molecular flexibility index (Phi) is 5.27. The quantitative estimate of drug-likeness (QED) is 0.866. The van der Waals surface area contributed by atoms with Crippen LogP contribution in [0.4, 0.5) is 4.79 Å². The molecule has 5 heteroatoms. The lowest BCUT2D eigenvalue weighted by Crippen LogP contribution is -2.42. The van der Waals surface area contributed by atoms with E-state index >= 15 is 0 Å². The van der Waals surface area contributed by atoms with Crippen LogP contribution in [0, 0.1) is 5.92 Å². The summed E-state index contributed by atoms with van der Waals surface area (Å²) in [5.41, 5.74) is -0.245. The largest absolute Gasteiger partial charge is 0.446 e. The van der Waals surface area contributed by atoms with Crippen LogP contribution in [0.3, 0.4) is 0 Å². The van der Waals surface area contributed by atoms with Crippen LogP contribution in [0.2, 0.25) is 0 Å². The van der Waals surface area contributed by atoms with Crippen LogP contribution in [-0.4, -0.2) is 37.2 Å². The molecule has 0 spiro atoms. The van der Waals surface area contributed by atoms with Crippen molar-refractivity contribution in [2.45, 2.75) is 70.8 Å². The topological polar surface area (TPSA) is 56.8 Å². The van der Waals surface area contributed by atoms with Crippen molar-refractivity contribution in [3.05, 3.63) is 0 Å². The fourth-order valence-electron chi connectivity index (χ4n) is 2.79. The maximum Gasteiger partial charge on any atom is 0.407 e. The van der Waals surface area contributed by atoms with Gasteiger partial charge in [-0.15, -0.1) is 0 Å². The maximum absolute atomic E-state index is 11.7. The summed E-state index contributed by atoms with van der Waals surface area (Å²) in [5.74, 6) is 0.628. The van der Waals surface area contributed by atoms with E-state index in [1.54, 1.807) is 0 Å². The summed E-state index contributed by atoms with van der Waals surface area (Å²) in [4.78, 5) is 11.7. The first-order chi connectivity index (χ1) is 9.42. The van der Waals surface area contributed by atoms with E-state index < -0.39 is 0 Å². The highest BCUT2D eigenvalue weighted by Crippen LogP contribution is 2.31. The zero-order chi connectivity index (χ0) is 14.6. The first-order valence-electron chi connectivity index (χ1n) is 7.64. The van der Waals surface area contributed by atoms with Gasteiger partial charge in [-0.2, -0.15) is 0 Å². The lowest BCUT2D eigenvalue weighted by Gasteiger charge is -2.30. The fraction of sp³-hybridized carbons (Fsp3) is 0.933. The predicted molar refractivity (Wildman–Crippen MR) is 75.4 cm³/mol. The van der Waals surface area contributed by atoms with Crippen molar-refractivity contribution in [1.29, 1.82) is 0 Å². The molecule has 116 valence electrons. The number of hydrogen-bond acceptors (Lipinski definition) is 4. The van der Waals surface area contributed by atoms with Gasteiger partial charge in [0.1, 0.15) is 6.10 Å². The molecule has 1 aliphatic carbocycles. The molecule has 1 saturated heterocycles. The van der Waals surface area contributed by atoms with Crippen LogP contribution in [0.25, 0.3) is 0 Å². The number of carbonyl (C=O) groups excluding carboxylic acids is 1. The molecule has 0 unspecified atom stereocenters. The molecule has 1 aliphatic heterocycles. The second-order valence-electron chi connectivity index (χ2n) is 6.83. The second-order valence-corrected chi connectivity index (χ2v) is 6.83. The Labute approximate surface area is 121 Å². The van der Waals surface area contributed by atoms with Gasteiger partial charge in [-0.3, -0.25) is 0 Å². The lowest BCUT2D eigenvalue weighted by atomic mass is 9.85. The van der Waals surface area contributed by atoms with Crippen molar-refractivity contribution in [3.8, 4) is 0 Å². The third-order valence-electron chi connectivity index (χ3n) is 3.76. The van der Waals surface area contributed by atoms with Gasteiger partial charge in [0.05, 0.1) is 13.2 Å². The highest BCUT2D eigenvalue weighted by molar-refractivity contribution is 5.68. The van der Waals surface area contributed by atoms with E-state index in [-0.39, 0.29) is 24.0 Å².